The largest absolute Gasteiger partial charge is 0.480 e. The van der Waals surface area contributed by atoms with Gasteiger partial charge in [-0.1, -0.05) is 39.5 Å². The first-order chi connectivity index (χ1) is 9.94. The zero-order valence-electron chi connectivity index (χ0n) is 12.6. The molecule has 21 heavy (non-hydrogen) atoms. The zero-order valence-corrected chi connectivity index (χ0v) is 12.6. The number of hydrogen-bond donors (Lipinski definition) is 3. The second-order valence-corrected chi connectivity index (χ2v) is 6.12. The number of aliphatic carboxylic acids is 1. The number of nitrogens with one attached hydrogen (secondary N) is 2. The van der Waals surface area contributed by atoms with Gasteiger partial charge in [-0.05, 0) is 24.8 Å². The maximum atomic E-state index is 12.3. The first-order valence-electron chi connectivity index (χ1n) is 7.56. The standard InChI is InChI=1S/C15H23N3O3/c1-10(2)11-9-12(18-17-11)13(19)16-15(14(20)21)7-5-3-4-6-8-15/h9-10H,3-8H2,1-2H3,(H,16,19)(H,17,18)(H,20,21). The molecule has 6 heteroatoms. The van der Waals surface area contributed by atoms with Gasteiger partial charge in [0, 0.05) is 5.69 Å². The van der Waals surface area contributed by atoms with E-state index in [1.54, 1.807) is 6.07 Å². The van der Waals surface area contributed by atoms with Crippen LogP contribution in [-0.2, 0) is 4.79 Å². The lowest BCUT2D eigenvalue weighted by Crippen LogP contribution is -2.54. The van der Waals surface area contributed by atoms with Gasteiger partial charge >= 0.3 is 5.97 Å². The number of carbonyl (C=O) groups is 2. The minimum atomic E-state index is -1.15. The predicted octanol–water partition coefficient (Wildman–Crippen LogP) is 2.44. The Kier molecular flexibility index (Phi) is 4.65. The van der Waals surface area contributed by atoms with Crippen molar-refractivity contribution in [3.8, 4) is 0 Å². The Labute approximate surface area is 124 Å². The van der Waals surface area contributed by atoms with Gasteiger partial charge in [-0.3, -0.25) is 9.89 Å². The third kappa shape index (κ3) is 3.43. The van der Waals surface area contributed by atoms with Crippen LogP contribution in [0.4, 0.5) is 0 Å². The van der Waals surface area contributed by atoms with Gasteiger partial charge < -0.3 is 10.4 Å². The number of H-pyrrole nitrogens is 1. The van der Waals surface area contributed by atoms with Crippen LogP contribution in [0, 0.1) is 0 Å². The molecule has 0 radical (unpaired) electrons. The summed E-state index contributed by atoms with van der Waals surface area (Å²) < 4.78 is 0. The van der Waals surface area contributed by atoms with Crippen molar-refractivity contribution < 1.29 is 14.7 Å². The van der Waals surface area contributed by atoms with E-state index in [0.29, 0.717) is 12.8 Å². The highest BCUT2D eigenvalue weighted by Crippen LogP contribution is 2.28. The molecule has 1 heterocycles. The molecule has 0 bridgehead atoms. The maximum Gasteiger partial charge on any atom is 0.329 e. The summed E-state index contributed by atoms with van der Waals surface area (Å²) in [6.07, 6.45) is 4.65. The molecule has 1 aliphatic carbocycles. The van der Waals surface area contributed by atoms with Crippen molar-refractivity contribution in [2.24, 2.45) is 0 Å². The highest BCUT2D eigenvalue weighted by molar-refractivity contribution is 5.96. The summed E-state index contributed by atoms with van der Waals surface area (Å²) in [7, 11) is 0. The minimum absolute atomic E-state index is 0.241. The molecular weight excluding hydrogens is 270 g/mol. The summed E-state index contributed by atoms with van der Waals surface area (Å²) in [6, 6.07) is 1.69. The number of aromatic nitrogens is 2. The molecule has 0 aromatic carbocycles. The number of rotatable bonds is 4. The second kappa shape index (κ2) is 6.28. The highest BCUT2D eigenvalue weighted by Gasteiger charge is 2.40. The highest BCUT2D eigenvalue weighted by atomic mass is 16.4. The molecule has 1 aliphatic rings. The monoisotopic (exact) mass is 293 g/mol. The average molecular weight is 293 g/mol. The molecule has 0 unspecified atom stereocenters. The molecule has 1 amide bonds. The molecule has 6 nitrogen and oxygen atoms in total. The fourth-order valence-electron chi connectivity index (χ4n) is 2.75. The Balaban J connectivity index is 2.15. The van der Waals surface area contributed by atoms with E-state index in [1.165, 1.54) is 0 Å². The predicted molar refractivity (Wildman–Crippen MR) is 78.2 cm³/mol. The number of carboxylic acids is 1. The fourth-order valence-corrected chi connectivity index (χ4v) is 2.75. The molecule has 116 valence electrons. The lowest BCUT2D eigenvalue weighted by molar-refractivity contribution is -0.145. The lowest BCUT2D eigenvalue weighted by Gasteiger charge is -2.28. The first-order valence-corrected chi connectivity index (χ1v) is 7.56. The van der Waals surface area contributed by atoms with Crippen LogP contribution >= 0.6 is 0 Å². The summed E-state index contributed by atoms with van der Waals surface area (Å²) in [6.45, 7) is 4.00. The van der Waals surface area contributed by atoms with Gasteiger partial charge in [0.1, 0.15) is 11.2 Å². The molecule has 0 saturated heterocycles. The summed E-state index contributed by atoms with van der Waals surface area (Å²) in [5.74, 6) is -1.12. The van der Waals surface area contributed by atoms with Crippen molar-refractivity contribution in [3.05, 3.63) is 17.5 Å². The van der Waals surface area contributed by atoms with E-state index in [2.05, 4.69) is 15.5 Å². The van der Waals surface area contributed by atoms with E-state index in [9.17, 15) is 14.7 Å². The molecule has 3 N–H and O–H groups in total. The molecule has 1 fully saturated rings. The first kappa shape index (κ1) is 15.5. The number of carboxylic acid groups (broad SMARTS) is 1. The van der Waals surface area contributed by atoms with E-state index in [-0.39, 0.29) is 11.6 Å². The summed E-state index contributed by atoms with van der Waals surface area (Å²) in [5.41, 5.74) is -0.0289. The van der Waals surface area contributed by atoms with Crippen molar-refractivity contribution >= 4 is 11.9 Å². The number of amides is 1. The van der Waals surface area contributed by atoms with Gasteiger partial charge in [0.2, 0.25) is 0 Å². The van der Waals surface area contributed by atoms with Crippen molar-refractivity contribution in [3.63, 3.8) is 0 Å². The molecule has 1 aromatic rings. The lowest BCUT2D eigenvalue weighted by atomic mass is 9.90. The summed E-state index contributed by atoms with van der Waals surface area (Å²) in [5, 5.41) is 19.1. The molecule has 2 rings (SSSR count). The second-order valence-electron chi connectivity index (χ2n) is 6.12. The van der Waals surface area contributed by atoms with Crippen LogP contribution in [0.1, 0.15) is 74.5 Å². The van der Waals surface area contributed by atoms with E-state index in [4.69, 9.17) is 0 Å². The van der Waals surface area contributed by atoms with Gasteiger partial charge in [0.25, 0.3) is 5.91 Å². The van der Waals surface area contributed by atoms with E-state index in [1.807, 2.05) is 13.8 Å². The fraction of sp³-hybridized carbons (Fsp3) is 0.667. The maximum absolute atomic E-state index is 12.3. The van der Waals surface area contributed by atoms with Crippen LogP contribution in [0.5, 0.6) is 0 Å². The van der Waals surface area contributed by atoms with Crippen molar-refractivity contribution in [2.45, 2.75) is 63.8 Å². The topological polar surface area (TPSA) is 95.1 Å². The molecule has 0 atom stereocenters. The Morgan fingerprint density at radius 3 is 2.38 bits per heavy atom. The van der Waals surface area contributed by atoms with Gasteiger partial charge in [-0.15, -0.1) is 0 Å². The zero-order chi connectivity index (χ0) is 15.5. The molecular formula is C15H23N3O3. The molecule has 1 saturated carbocycles. The molecule has 0 aliphatic heterocycles. The van der Waals surface area contributed by atoms with Crippen LogP contribution < -0.4 is 5.32 Å². The van der Waals surface area contributed by atoms with Gasteiger partial charge in [0.15, 0.2) is 0 Å². The SMILES string of the molecule is CC(C)c1cc(C(=O)NC2(C(=O)O)CCCCCC2)n[nH]1. The van der Waals surface area contributed by atoms with E-state index in [0.717, 1.165) is 31.4 Å². The summed E-state index contributed by atoms with van der Waals surface area (Å²) >= 11 is 0. The van der Waals surface area contributed by atoms with Crippen molar-refractivity contribution in [1.29, 1.82) is 0 Å². The number of aromatic amines is 1. The summed E-state index contributed by atoms with van der Waals surface area (Å²) in [4.78, 5) is 24.0. The molecule has 0 spiro atoms. The Hall–Kier alpha value is -1.85. The Morgan fingerprint density at radius 1 is 1.29 bits per heavy atom. The van der Waals surface area contributed by atoms with Crippen LogP contribution in [0.25, 0.3) is 0 Å². The number of carbonyl (C=O) groups excluding carboxylic acids is 1. The van der Waals surface area contributed by atoms with Crippen molar-refractivity contribution in [2.75, 3.05) is 0 Å². The van der Waals surface area contributed by atoms with E-state index < -0.39 is 17.4 Å². The minimum Gasteiger partial charge on any atom is -0.480 e. The van der Waals surface area contributed by atoms with Gasteiger partial charge in [-0.2, -0.15) is 5.10 Å². The smallest absolute Gasteiger partial charge is 0.329 e. The van der Waals surface area contributed by atoms with Crippen LogP contribution in [-0.4, -0.2) is 32.7 Å². The number of hydrogen-bond acceptors (Lipinski definition) is 3. The third-order valence-electron chi connectivity index (χ3n) is 4.17. The third-order valence-corrected chi connectivity index (χ3v) is 4.17. The number of nitrogens with zero attached hydrogens (tertiary/aromatic N) is 1. The molecule has 1 aromatic heterocycles. The van der Waals surface area contributed by atoms with Crippen molar-refractivity contribution in [1.82, 2.24) is 15.5 Å². The quantitative estimate of drug-likeness (QED) is 0.743. The van der Waals surface area contributed by atoms with Crippen LogP contribution in [0.15, 0.2) is 6.07 Å². The van der Waals surface area contributed by atoms with Crippen LogP contribution in [0.2, 0.25) is 0 Å². The van der Waals surface area contributed by atoms with E-state index >= 15 is 0 Å². The Morgan fingerprint density at radius 2 is 1.90 bits per heavy atom. The van der Waals surface area contributed by atoms with Gasteiger partial charge in [-0.25, -0.2) is 4.79 Å². The Bertz CT molecular complexity index is 514. The average Bonchev–Trinajstić information content (AvgIpc) is 2.81. The van der Waals surface area contributed by atoms with Gasteiger partial charge in [0.05, 0.1) is 0 Å². The normalized spacial score (nSPS) is 18.2. The van der Waals surface area contributed by atoms with Crippen LogP contribution in [0.3, 0.4) is 0 Å².